The van der Waals surface area contributed by atoms with Crippen LogP contribution in [-0.4, -0.2) is 11.0 Å². The van der Waals surface area contributed by atoms with E-state index in [1.54, 1.807) is 24.8 Å². The number of ketones is 1. The fourth-order valence-electron chi connectivity index (χ4n) is 1.12. The van der Waals surface area contributed by atoms with E-state index in [-0.39, 0.29) is 5.78 Å². The molecule has 1 aromatic rings. The second kappa shape index (κ2) is 5.47. The zero-order chi connectivity index (χ0) is 10.6. The van der Waals surface area contributed by atoms with Gasteiger partial charge in [0.1, 0.15) is 11.5 Å². The molecule has 0 N–H and O–H groups in total. The molecule has 0 aliphatic rings. The summed E-state index contributed by atoms with van der Waals surface area (Å²) in [6.45, 7) is 3.65. The van der Waals surface area contributed by atoms with Crippen LogP contribution in [0.15, 0.2) is 16.5 Å². The highest BCUT2D eigenvalue weighted by molar-refractivity contribution is 7.99. The van der Waals surface area contributed by atoms with Crippen molar-refractivity contribution in [2.75, 3.05) is 0 Å². The molecule has 0 aliphatic carbocycles. The molecule has 0 bridgehead atoms. The lowest BCUT2D eigenvalue weighted by molar-refractivity contribution is -0.116. The summed E-state index contributed by atoms with van der Waals surface area (Å²) < 4.78 is 5.20. The Labute approximate surface area is 93.0 Å². The normalized spacial score (nSPS) is 12.8. The minimum absolute atomic E-state index is 0.225. The van der Waals surface area contributed by atoms with E-state index in [9.17, 15) is 4.79 Å². The topological polar surface area (TPSA) is 30.2 Å². The van der Waals surface area contributed by atoms with Gasteiger partial charge in [0, 0.05) is 11.7 Å². The van der Waals surface area contributed by atoms with Crippen molar-refractivity contribution in [1.29, 1.82) is 0 Å². The van der Waals surface area contributed by atoms with Crippen LogP contribution in [0.3, 0.4) is 0 Å². The van der Waals surface area contributed by atoms with E-state index >= 15 is 0 Å². The number of rotatable bonds is 5. The van der Waals surface area contributed by atoms with Gasteiger partial charge in [-0.3, -0.25) is 4.79 Å². The average Bonchev–Trinajstić information content (AvgIpc) is 2.47. The Kier molecular flexibility index (Phi) is 4.55. The molecule has 1 rings (SSSR count). The van der Waals surface area contributed by atoms with E-state index in [2.05, 4.69) is 0 Å². The van der Waals surface area contributed by atoms with Crippen LogP contribution >= 0.6 is 23.4 Å². The minimum Gasteiger partial charge on any atom is -0.449 e. The number of carbonyl (C=O) groups excluding carboxylic acids is 1. The molecule has 0 radical (unpaired) electrons. The first-order chi connectivity index (χ1) is 6.58. The Bertz CT molecular complexity index is 309. The third-order valence-corrected chi connectivity index (χ3v) is 3.10. The van der Waals surface area contributed by atoms with Crippen LogP contribution in [0.25, 0.3) is 0 Å². The van der Waals surface area contributed by atoms with Crippen LogP contribution in [-0.2, 0) is 10.5 Å². The molecule has 0 aromatic carbocycles. The molecule has 0 fully saturated rings. The lowest BCUT2D eigenvalue weighted by Gasteiger charge is -2.06. The van der Waals surface area contributed by atoms with Crippen LogP contribution in [0.2, 0.25) is 5.22 Å². The van der Waals surface area contributed by atoms with E-state index in [4.69, 9.17) is 16.0 Å². The van der Waals surface area contributed by atoms with Gasteiger partial charge in [0.05, 0.1) is 5.75 Å². The van der Waals surface area contributed by atoms with E-state index in [0.717, 1.165) is 11.5 Å². The van der Waals surface area contributed by atoms with Gasteiger partial charge in [-0.25, -0.2) is 0 Å². The fourth-order valence-corrected chi connectivity index (χ4v) is 2.24. The van der Waals surface area contributed by atoms with Crippen molar-refractivity contribution < 1.29 is 9.21 Å². The molecule has 1 heterocycles. The summed E-state index contributed by atoms with van der Waals surface area (Å²) in [6.07, 6.45) is 0.610. The molecule has 1 atom stereocenters. The van der Waals surface area contributed by atoms with Gasteiger partial charge in [-0.2, -0.15) is 11.8 Å². The number of hydrogen-bond acceptors (Lipinski definition) is 3. The van der Waals surface area contributed by atoms with E-state index < -0.39 is 0 Å². The Balaban J connectivity index is 2.30. The highest BCUT2D eigenvalue weighted by atomic mass is 35.5. The quantitative estimate of drug-likeness (QED) is 0.778. The molecule has 2 nitrogen and oxygen atoms in total. The number of thioether (sulfide) groups is 1. The predicted octanol–water partition coefficient (Wildman–Crippen LogP) is 3.53. The molecule has 0 saturated carbocycles. The van der Waals surface area contributed by atoms with E-state index in [1.807, 2.05) is 13.0 Å². The first-order valence-electron chi connectivity index (χ1n) is 4.43. The maximum atomic E-state index is 10.8. The SMILES string of the molecule is CC(=O)CC(C)SCc1ccc(Cl)o1. The van der Waals surface area contributed by atoms with Crippen molar-refractivity contribution in [3.8, 4) is 0 Å². The molecule has 0 amide bonds. The Morgan fingerprint density at radius 2 is 2.36 bits per heavy atom. The van der Waals surface area contributed by atoms with Crippen molar-refractivity contribution in [2.24, 2.45) is 0 Å². The molecule has 0 aliphatic heterocycles. The summed E-state index contributed by atoms with van der Waals surface area (Å²) >= 11 is 7.33. The molecule has 0 saturated heterocycles. The summed E-state index contributed by atoms with van der Waals surface area (Å²) in [7, 11) is 0. The first-order valence-corrected chi connectivity index (χ1v) is 5.86. The van der Waals surface area contributed by atoms with Crippen LogP contribution in [0.5, 0.6) is 0 Å². The van der Waals surface area contributed by atoms with Gasteiger partial charge < -0.3 is 4.42 Å². The van der Waals surface area contributed by atoms with Gasteiger partial charge in [-0.05, 0) is 30.7 Å². The van der Waals surface area contributed by atoms with Gasteiger partial charge >= 0.3 is 0 Å². The third kappa shape index (κ3) is 4.20. The molecular formula is C10H13ClO2S. The molecule has 1 aromatic heterocycles. The van der Waals surface area contributed by atoms with Crippen molar-refractivity contribution >= 4 is 29.1 Å². The molecule has 1 unspecified atom stereocenters. The highest BCUT2D eigenvalue weighted by Gasteiger charge is 2.07. The van der Waals surface area contributed by atoms with Gasteiger partial charge in [-0.1, -0.05) is 6.92 Å². The lowest BCUT2D eigenvalue weighted by Crippen LogP contribution is -2.03. The Morgan fingerprint density at radius 3 is 2.86 bits per heavy atom. The third-order valence-electron chi connectivity index (χ3n) is 1.71. The average molecular weight is 233 g/mol. The molecule has 78 valence electrons. The number of furan rings is 1. The van der Waals surface area contributed by atoms with Gasteiger partial charge in [-0.15, -0.1) is 0 Å². The van der Waals surface area contributed by atoms with Gasteiger partial charge in [0.2, 0.25) is 0 Å². The molecule has 0 spiro atoms. The highest BCUT2D eigenvalue weighted by Crippen LogP contribution is 2.22. The monoisotopic (exact) mass is 232 g/mol. The molecular weight excluding hydrogens is 220 g/mol. The van der Waals surface area contributed by atoms with E-state index in [0.29, 0.717) is 16.9 Å². The second-order valence-electron chi connectivity index (χ2n) is 3.23. The fraction of sp³-hybridized carbons (Fsp3) is 0.500. The second-order valence-corrected chi connectivity index (χ2v) is 5.03. The Hall–Kier alpha value is -0.410. The summed E-state index contributed by atoms with van der Waals surface area (Å²) in [5.74, 6) is 1.85. The zero-order valence-corrected chi connectivity index (χ0v) is 9.82. The predicted molar refractivity (Wildman–Crippen MR) is 59.8 cm³/mol. The number of halogens is 1. The summed E-state index contributed by atoms with van der Waals surface area (Å²) in [5.41, 5.74) is 0. The van der Waals surface area contributed by atoms with Crippen LogP contribution in [0, 0.1) is 0 Å². The van der Waals surface area contributed by atoms with Crippen LogP contribution < -0.4 is 0 Å². The van der Waals surface area contributed by atoms with Gasteiger partial charge in [0.15, 0.2) is 5.22 Å². The minimum atomic E-state index is 0.225. The Morgan fingerprint density at radius 1 is 1.64 bits per heavy atom. The first kappa shape index (κ1) is 11.7. The van der Waals surface area contributed by atoms with Crippen molar-refractivity contribution in [3.05, 3.63) is 23.1 Å². The van der Waals surface area contributed by atoms with E-state index in [1.165, 1.54) is 0 Å². The smallest absolute Gasteiger partial charge is 0.193 e. The summed E-state index contributed by atoms with van der Waals surface area (Å²) in [5, 5.41) is 0.746. The van der Waals surface area contributed by atoms with Crippen LogP contribution in [0.4, 0.5) is 0 Å². The zero-order valence-electron chi connectivity index (χ0n) is 8.25. The van der Waals surface area contributed by atoms with Gasteiger partial charge in [0.25, 0.3) is 0 Å². The molecule has 4 heteroatoms. The van der Waals surface area contributed by atoms with Crippen molar-refractivity contribution in [1.82, 2.24) is 0 Å². The number of hydrogen-bond donors (Lipinski definition) is 0. The number of carbonyl (C=O) groups is 1. The lowest BCUT2D eigenvalue weighted by atomic mass is 10.2. The standard InChI is InChI=1S/C10H13ClO2S/c1-7(12)5-8(2)14-6-9-3-4-10(11)13-9/h3-4,8H,5-6H2,1-2H3. The summed E-state index contributed by atoms with van der Waals surface area (Å²) in [6, 6.07) is 3.59. The maximum Gasteiger partial charge on any atom is 0.193 e. The largest absolute Gasteiger partial charge is 0.449 e. The number of Topliss-reactive ketones (excluding diaryl/α,β-unsaturated/α-hetero) is 1. The van der Waals surface area contributed by atoms with Crippen molar-refractivity contribution in [2.45, 2.75) is 31.3 Å². The van der Waals surface area contributed by atoms with Crippen molar-refractivity contribution in [3.63, 3.8) is 0 Å². The summed E-state index contributed by atoms with van der Waals surface area (Å²) in [4.78, 5) is 10.8. The molecule has 14 heavy (non-hydrogen) atoms. The van der Waals surface area contributed by atoms with Crippen LogP contribution in [0.1, 0.15) is 26.0 Å². The maximum absolute atomic E-state index is 10.8.